The van der Waals surface area contributed by atoms with Crippen LogP contribution in [0.3, 0.4) is 0 Å². The molecule has 0 spiro atoms. The molecule has 0 heterocycles. The predicted octanol–water partition coefficient (Wildman–Crippen LogP) is 3.84. The summed E-state index contributed by atoms with van der Waals surface area (Å²) < 4.78 is 13.1. The number of nitrogens with one attached hydrogen (secondary N) is 1. The van der Waals surface area contributed by atoms with Crippen LogP contribution in [0.1, 0.15) is 12.5 Å². The summed E-state index contributed by atoms with van der Waals surface area (Å²) in [5.74, 6) is -0.447. The van der Waals surface area contributed by atoms with Crippen LogP contribution in [0.4, 0.5) is 15.8 Å². The molecule has 2 rings (SSSR count). The molecule has 0 aliphatic rings. The Morgan fingerprint density at radius 3 is 2.76 bits per heavy atom. The normalized spacial score (nSPS) is 12.0. The van der Waals surface area contributed by atoms with Gasteiger partial charge in [-0.2, -0.15) is 0 Å². The Morgan fingerprint density at radius 2 is 2.05 bits per heavy atom. The van der Waals surface area contributed by atoms with Gasteiger partial charge in [-0.25, -0.2) is 4.39 Å². The molecule has 0 saturated heterocycles. The van der Waals surface area contributed by atoms with Crippen LogP contribution in [-0.4, -0.2) is 11.2 Å². The lowest BCUT2D eigenvalue weighted by molar-refractivity contribution is -0.115. The molecule has 1 amide bonds. The number of anilines is 2. The summed E-state index contributed by atoms with van der Waals surface area (Å²) in [6, 6.07) is 11.6. The van der Waals surface area contributed by atoms with E-state index in [9.17, 15) is 9.18 Å². The second-order valence-corrected chi connectivity index (χ2v) is 6.20. The van der Waals surface area contributed by atoms with Crippen molar-refractivity contribution in [2.75, 3.05) is 11.1 Å². The number of carbonyl (C=O) groups excluding carboxylic acids is 1. The first-order valence-corrected chi connectivity index (χ1v) is 7.43. The zero-order valence-electron chi connectivity index (χ0n) is 11.9. The Labute approximate surface area is 127 Å². The molecule has 0 aliphatic heterocycles. The number of nitrogens with two attached hydrogens (primary N) is 1. The van der Waals surface area contributed by atoms with Crippen molar-refractivity contribution in [2.24, 2.45) is 0 Å². The Morgan fingerprint density at radius 1 is 1.29 bits per heavy atom. The monoisotopic (exact) mass is 304 g/mol. The van der Waals surface area contributed by atoms with Crippen molar-refractivity contribution in [3.63, 3.8) is 0 Å². The third kappa shape index (κ3) is 4.23. The molecule has 0 aromatic heterocycles. The van der Waals surface area contributed by atoms with Crippen molar-refractivity contribution in [1.82, 2.24) is 0 Å². The van der Waals surface area contributed by atoms with E-state index in [0.717, 1.165) is 10.5 Å². The zero-order chi connectivity index (χ0) is 15.4. The first-order chi connectivity index (χ1) is 9.95. The van der Waals surface area contributed by atoms with Crippen LogP contribution < -0.4 is 11.1 Å². The van der Waals surface area contributed by atoms with E-state index in [1.54, 1.807) is 31.2 Å². The molecule has 2 aromatic carbocycles. The lowest BCUT2D eigenvalue weighted by Crippen LogP contribution is -2.22. The maximum absolute atomic E-state index is 13.1. The van der Waals surface area contributed by atoms with Crippen LogP contribution in [0.2, 0.25) is 0 Å². The van der Waals surface area contributed by atoms with E-state index < -0.39 is 0 Å². The van der Waals surface area contributed by atoms with Gasteiger partial charge < -0.3 is 11.1 Å². The minimum Gasteiger partial charge on any atom is -0.399 e. The Hall–Kier alpha value is -2.01. The van der Waals surface area contributed by atoms with Crippen molar-refractivity contribution >= 4 is 29.0 Å². The van der Waals surface area contributed by atoms with E-state index in [2.05, 4.69) is 5.32 Å². The highest BCUT2D eigenvalue weighted by molar-refractivity contribution is 8.00. The Bertz CT molecular complexity index is 660. The van der Waals surface area contributed by atoms with E-state index in [0.29, 0.717) is 11.4 Å². The fraction of sp³-hybridized carbons (Fsp3) is 0.188. The molecule has 21 heavy (non-hydrogen) atoms. The molecular weight excluding hydrogens is 287 g/mol. The van der Waals surface area contributed by atoms with Crippen LogP contribution in [0.15, 0.2) is 47.4 Å². The van der Waals surface area contributed by atoms with Crippen molar-refractivity contribution in [2.45, 2.75) is 24.0 Å². The van der Waals surface area contributed by atoms with Gasteiger partial charge in [0.15, 0.2) is 0 Å². The third-order valence-corrected chi connectivity index (χ3v) is 4.09. The number of amides is 1. The Kier molecular flexibility index (Phi) is 4.85. The Balaban J connectivity index is 2.04. The van der Waals surface area contributed by atoms with Crippen molar-refractivity contribution in [3.8, 4) is 0 Å². The summed E-state index contributed by atoms with van der Waals surface area (Å²) >= 11 is 1.31. The SMILES string of the molecule is Cc1ccc(N)cc1NC(=O)C(C)Sc1cccc(F)c1. The predicted molar refractivity (Wildman–Crippen MR) is 85.9 cm³/mol. The highest BCUT2D eigenvalue weighted by Gasteiger charge is 2.15. The number of nitrogen functional groups attached to an aromatic ring is 1. The number of thioether (sulfide) groups is 1. The van der Waals surface area contributed by atoms with Crippen molar-refractivity contribution in [1.29, 1.82) is 0 Å². The van der Waals surface area contributed by atoms with Crippen LogP contribution in [0.25, 0.3) is 0 Å². The maximum Gasteiger partial charge on any atom is 0.237 e. The highest BCUT2D eigenvalue weighted by Crippen LogP contribution is 2.25. The van der Waals surface area contributed by atoms with E-state index in [1.165, 1.54) is 23.9 Å². The molecule has 3 nitrogen and oxygen atoms in total. The molecule has 1 atom stereocenters. The van der Waals surface area contributed by atoms with Crippen molar-refractivity contribution in [3.05, 3.63) is 53.8 Å². The average molecular weight is 304 g/mol. The summed E-state index contributed by atoms with van der Waals surface area (Å²) in [4.78, 5) is 12.9. The van der Waals surface area contributed by atoms with Gasteiger partial charge >= 0.3 is 0 Å². The number of hydrogen-bond acceptors (Lipinski definition) is 3. The molecule has 0 bridgehead atoms. The summed E-state index contributed by atoms with van der Waals surface area (Å²) in [7, 11) is 0. The zero-order valence-corrected chi connectivity index (χ0v) is 12.7. The van der Waals surface area contributed by atoms with Gasteiger partial charge in [-0.1, -0.05) is 12.1 Å². The van der Waals surface area contributed by atoms with Gasteiger partial charge in [0, 0.05) is 16.3 Å². The lowest BCUT2D eigenvalue weighted by atomic mass is 10.2. The standard InChI is InChI=1S/C16H17FN2OS/c1-10-6-7-13(18)9-15(10)19-16(20)11(2)21-14-5-3-4-12(17)8-14/h3-9,11H,18H2,1-2H3,(H,19,20). The van der Waals surface area contributed by atoms with Gasteiger partial charge in [0.2, 0.25) is 5.91 Å². The number of halogens is 1. The number of hydrogen-bond donors (Lipinski definition) is 2. The van der Waals surface area contributed by atoms with Gasteiger partial charge in [-0.3, -0.25) is 4.79 Å². The first-order valence-electron chi connectivity index (χ1n) is 6.55. The second-order valence-electron chi connectivity index (χ2n) is 4.78. The molecule has 5 heteroatoms. The second kappa shape index (κ2) is 6.63. The molecule has 0 aliphatic carbocycles. The number of rotatable bonds is 4. The van der Waals surface area contributed by atoms with Gasteiger partial charge in [0.1, 0.15) is 5.82 Å². The molecule has 110 valence electrons. The van der Waals surface area contributed by atoms with E-state index in [4.69, 9.17) is 5.73 Å². The van der Waals surface area contributed by atoms with Crippen LogP contribution >= 0.6 is 11.8 Å². The average Bonchev–Trinajstić information content (AvgIpc) is 2.43. The summed E-state index contributed by atoms with van der Waals surface area (Å²) in [6.07, 6.45) is 0. The fourth-order valence-corrected chi connectivity index (χ4v) is 2.72. The largest absolute Gasteiger partial charge is 0.399 e. The fourth-order valence-electron chi connectivity index (χ4n) is 1.81. The summed E-state index contributed by atoms with van der Waals surface area (Å²) in [5.41, 5.74) is 7.97. The van der Waals surface area contributed by atoms with E-state index >= 15 is 0 Å². The molecule has 0 radical (unpaired) electrons. The molecular formula is C16H17FN2OS. The molecule has 3 N–H and O–H groups in total. The molecule has 0 fully saturated rings. The molecule has 0 saturated carbocycles. The van der Waals surface area contributed by atoms with Gasteiger partial charge in [0.25, 0.3) is 0 Å². The summed E-state index contributed by atoms with van der Waals surface area (Å²) in [5, 5.41) is 2.51. The molecule has 2 aromatic rings. The van der Waals surface area contributed by atoms with Gasteiger partial charge in [-0.05, 0) is 49.7 Å². The van der Waals surface area contributed by atoms with Gasteiger partial charge in [0.05, 0.1) is 5.25 Å². The smallest absolute Gasteiger partial charge is 0.237 e. The third-order valence-electron chi connectivity index (χ3n) is 3.00. The van der Waals surface area contributed by atoms with Gasteiger partial charge in [-0.15, -0.1) is 11.8 Å². The molecule has 1 unspecified atom stereocenters. The van der Waals surface area contributed by atoms with Crippen LogP contribution in [0, 0.1) is 12.7 Å². The quantitative estimate of drug-likeness (QED) is 0.666. The van der Waals surface area contributed by atoms with Crippen molar-refractivity contribution < 1.29 is 9.18 Å². The van der Waals surface area contributed by atoms with E-state index in [1.807, 2.05) is 13.0 Å². The van der Waals surface area contributed by atoms with Crippen LogP contribution in [0.5, 0.6) is 0 Å². The minimum atomic E-state index is -0.340. The minimum absolute atomic E-state index is 0.141. The number of carbonyl (C=O) groups is 1. The van der Waals surface area contributed by atoms with Crippen LogP contribution in [-0.2, 0) is 4.79 Å². The highest BCUT2D eigenvalue weighted by atomic mass is 32.2. The maximum atomic E-state index is 13.1. The number of benzene rings is 2. The first kappa shape index (κ1) is 15.4. The summed E-state index contributed by atoms with van der Waals surface area (Å²) in [6.45, 7) is 3.69. The lowest BCUT2D eigenvalue weighted by Gasteiger charge is -2.14. The topological polar surface area (TPSA) is 55.1 Å². The number of aryl methyl sites for hydroxylation is 1. The van der Waals surface area contributed by atoms with E-state index in [-0.39, 0.29) is 17.0 Å².